The van der Waals surface area contributed by atoms with Crippen molar-refractivity contribution in [3.05, 3.63) is 58.3 Å². The van der Waals surface area contributed by atoms with Crippen molar-refractivity contribution in [3.63, 3.8) is 0 Å². The molecule has 1 N–H and O–H groups in total. The molecule has 2 aromatic rings. The van der Waals surface area contributed by atoms with Crippen LogP contribution in [0.3, 0.4) is 0 Å². The number of thiophene rings is 1. The molecule has 0 unspecified atom stereocenters. The predicted octanol–water partition coefficient (Wildman–Crippen LogP) is 3.57. The minimum atomic E-state index is -0.485. The average Bonchev–Trinajstić information content (AvgIpc) is 3.25. The summed E-state index contributed by atoms with van der Waals surface area (Å²) in [6, 6.07) is 12.5. The number of rotatable bonds is 7. The maximum Gasteiger partial charge on any atom is 0.264 e. The molecule has 0 aliphatic carbocycles. The van der Waals surface area contributed by atoms with Crippen molar-refractivity contribution >= 4 is 23.0 Å². The van der Waals surface area contributed by atoms with Gasteiger partial charge in [-0.1, -0.05) is 35.5 Å². The van der Waals surface area contributed by atoms with E-state index in [2.05, 4.69) is 39.4 Å². The van der Waals surface area contributed by atoms with Gasteiger partial charge in [0, 0.05) is 12.5 Å². The molecule has 0 spiro atoms. The van der Waals surface area contributed by atoms with Crippen LogP contribution in [0, 0.1) is 0 Å². The number of nitrogens with zero attached hydrogens (tertiary/aromatic N) is 1. The van der Waals surface area contributed by atoms with Crippen LogP contribution >= 0.6 is 11.3 Å². The summed E-state index contributed by atoms with van der Waals surface area (Å²) in [6.45, 7) is 2.02. The van der Waals surface area contributed by atoms with Gasteiger partial charge in [0.25, 0.3) is 5.91 Å². The van der Waals surface area contributed by atoms with Crippen LogP contribution in [-0.2, 0) is 22.5 Å². The van der Waals surface area contributed by atoms with Crippen LogP contribution in [0.2, 0.25) is 0 Å². The minimum Gasteiger partial charge on any atom is -0.382 e. The summed E-state index contributed by atoms with van der Waals surface area (Å²) < 4.78 is 0. The third kappa shape index (κ3) is 4.68. The highest BCUT2D eigenvalue weighted by atomic mass is 32.1. The van der Waals surface area contributed by atoms with Crippen molar-refractivity contribution in [2.45, 2.75) is 44.8 Å². The topological polar surface area (TPSA) is 50.7 Å². The highest BCUT2D eigenvalue weighted by molar-refractivity contribution is 7.07. The van der Waals surface area contributed by atoms with Crippen LogP contribution in [0.5, 0.6) is 0 Å². The molecule has 5 heteroatoms. The van der Waals surface area contributed by atoms with Crippen molar-refractivity contribution in [2.24, 2.45) is 5.16 Å². The lowest BCUT2D eigenvalue weighted by Crippen LogP contribution is -2.41. The number of nitrogens with one attached hydrogen (secondary N) is 1. The van der Waals surface area contributed by atoms with Gasteiger partial charge in [0.05, 0.1) is 5.71 Å². The number of hydrogen-bond donors (Lipinski definition) is 1. The third-order valence-electron chi connectivity index (χ3n) is 4.08. The molecule has 1 amide bonds. The Morgan fingerprint density at radius 3 is 2.88 bits per heavy atom. The van der Waals surface area contributed by atoms with E-state index >= 15 is 0 Å². The highest BCUT2D eigenvalue weighted by Crippen LogP contribution is 2.16. The van der Waals surface area contributed by atoms with Crippen molar-refractivity contribution in [3.8, 4) is 0 Å². The predicted molar refractivity (Wildman–Crippen MR) is 97.3 cm³/mol. The largest absolute Gasteiger partial charge is 0.382 e. The third-order valence-corrected chi connectivity index (χ3v) is 4.81. The monoisotopic (exact) mass is 342 g/mol. The quantitative estimate of drug-likeness (QED) is 0.836. The van der Waals surface area contributed by atoms with E-state index in [0.29, 0.717) is 6.42 Å². The first-order chi connectivity index (χ1) is 11.7. The summed E-state index contributed by atoms with van der Waals surface area (Å²) in [5, 5.41) is 11.3. The maximum absolute atomic E-state index is 12.3. The Morgan fingerprint density at radius 2 is 2.12 bits per heavy atom. The zero-order valence-corrected chi connectivity index (χ0v) is 14.6. The van der Waals surface area contributed by atoms with Gasteiger partial charge in [-0.2, -0.15) is 11.3 Å². The van der Waals surface area contributed by atoms with E-state index in [9.17, 15) is 4.79 Å². The first-order valence-electron chi connectivity index (χ1n) is 8.27. The van der Waals surface area contributed by atoms with Crippen LogP contribution in [0.15, 0.2) is 52.3 Å². The molecule has 2 heterocycles. The second kappa shape index (κ2) is 8.11. The Kier molecular flexibility index (Phi) is 5.64. The van der Waals surface area contributed by atoms with Crippen LogP contribution < -0.4 is 5.32 Å². The summed E-state index contributed by atoms with van der Waals surface area (Å²) in [5.41, 5.74) is 3.49. The van der Waals surface area contributed by atoms with Crippen molar-refractivity contribution in [1.29, 1.82) is 0 Å². The summed E-state index contributed by atoms with van der Waals surface area (Å²) in [4.78, 5) is 17.6. The number of carbonyl (C=O) groups excluding carboxylic acids is 1. The molecule has 1 aromatic carbocycles. The molecule has 4 nitrogen and oxygen atoms in total. The molecule has 0 fully saturated rings. The van der Waals surface area contributed by atoms with Crippen LogP contribution in [0.25, 0.3) is 0 Å². The Balaban J connectivity index is 1.41. The maximum atomic E-state index is 12.3. The lowest BCUT2D eigenvalue weighted by atomic mass is 10.0. The molecule has 0 bridgehead atoms. The van der Waals surface area contributed by atoms with E-state index in [-0.39, 0.29) is 11.9 Å². The number of amides is 1. The molecule has 1 aromatic heterocycles. The van der Waals surface area contributed by atoms with E-state index < -0.39 is 6.10 Å². The van der Waals surface area contributed by atoms with Crippen molar-refractivity contribution in [2.75, 3.05) is 0 Å². The van der Waals surface area contributed by atoms with Crippen molar-refractivity contribution < 1.29 is 9.63 Å². The van der Waals surface area contributed by atoms with E-state index in [4.69, 9.17) is 4.84 Å². The van der Waals surface area contributed by atoms with E-state index in [1.807, 2.05) is 25.1 Å². The van der Waals surface area contributed by atoms with Crippen LogP contribution in [-0.4, -0.2) is 23.8 Å². The normalized spacial score (nSPS) is 17.9. The fourth-order valence-electron chi connectivity index (χ4n) is 2.80. The number of aryl methyl sites for hydroxylation is 1. The van der Waals surface area contributed by atoms with Gasteiger partial charge in [-0.3, -0.25) is 4.79 Å². The minimum absolute atomic E-state index is 0.0730. The average molecular weight is 342 g/mol. The van der Waals surface area contributed by atoms with Crippen LogP contribution in [0.4, 0.5) is 0 Å². The van der Waals surface area contributed by atoms with Gasteiger partial charge in [0.1, 0.15) is 0 Å². The fourth-order valence-corrected chi connectivity index (χ4v) is 3.48. The van der Waals surface area contributed by atoms with Gasteiger partial charge in [-0.25, -0.2) is 0 Å². The van der Waals surface area contributed by atoms with Gasteiger partial charge >= 0.3 is 0 Å². The molecule has 0 saturated carbocycles. The van der Waals surface area contributed by atoms with Gasteiger partial charge in [-0.15, -0.1) is 0 Å². The molecular weight excluding hydrogens is 320 g/mol. The summed E-state index contributed by atoms with van der Waals surface area (Å²) >= 11 is 1.67. The number of benzene rings is 1. The van der Waals surface area contributed by atoms with Gasteiger partial charge in [0.15, 0.2) is 0 Å². The molecule has 0 radical (unpaired) electrons. The molecule has 1 aliphatic heterocycles. The van der Waals surface area contributed by atoms with E-state index in [1.165, 1.54) is 11.1 Å². The standard InChI is InChI=1S/C19H22N2O2S/c1-14(11-16-9-10-24-13-16)20-19(22)18-12-17(21-23-18)8-7-15-5-3-2-4-6-15/h2-6,9-10,13-14,18H,7-8,11-12H2,1H3,(H,20,22)/t14-,18-/m1/s1. The highest BCUT2D eigenvalue weighted by Gasteiger charge is 2.28. The molecule has 1 aliphatic rings. The Bertz CT molecular complexity index is 683. The van der Waals surface area contributed by atoms with E-state index in [1.54, 1.807) is 11.3 Å². The molecule has 0 saturated heterocycles. The molecule has 2 atom stereocenters. The second-order valence-corrected chi connectivity index (χ2v) is 6.97. The Labute approximate surface area is 146 Å². The van der Waals surface area contributed by atoms with Gasteiger partial charge in [-0.05, 0) is 54.1 Å². The molecule has 126 valence electrons. The number of carbonyl (C=O) groups is 1. The van der Waals surface area contributed by atoms with Crippen molar-refractivity contribution in [1.82, 2.24) is 5.32 Å². The molecule has 3 rings (SSSR count). The first kappa shape index (κ1) is 16.7. The van der Waals surface area contributed by atoms with Crippen LogP contribution in [0.1, 0.15) is 30.9 Å². The first-order valence-corrected chi connectivity index (χ1v) is 9.22. The lowest BCUT2D eigenvalue weighted by molar-refractivity contribution is -0.131. The van der Waals surface area contributed by atoms with Gasteiger partial charge in [0.2, 0.25) is 6.10 Å². The smallest absolute Gasteiger partial charge is 0.264 e. The summed E-state index contributed by atoms with van der Waals surface area (Å²) in [6.07, 6.45) is 2.69. The van der Waals surface area contributed by atoms with E-state index in [0.717, 1.165) is 25.0 Å². The zero-order valence-electron chi connectivity index (χ0n) is 13.8. The lowest BCUT2D eigenvalue weighted by Gasteiger charge is -2.15. The molecular formula is C19H22N2O2S. The van der Waals surface area contributed by atoms with Gasteiger partial charge < -0.3 is 10.2 Å². The molecule has 24 heavy (non-hydrogen) atoms. The Hall–Kier alpha value is -2.14. The fraction of sp³-hybridized carbons (Fsp3) is 0.368. The number of hydrogen-bond acceptors (Lipinski definition) is 4. The SMILES string of the molecule is C[C@H](Cc1ccsc1)NC(=O)[C@H]1CC(CCc2ccccc2)=NO1. The zero-order chi connectivity index (χ0) is 16.8. The second-order valence-electron chi connectivity index (χ2n) is 6.19. The Morgan fingerprint density at radius 1 is 1.29 bits per heavy atom. The summed E-state index contributed by atoms with van der Waals surface area (Å²) in [5.74, 6) is -0.0730. The summed E-state index contributed by atoms with van der Waals surface area (Å²) in [7, 11) is 0. The number of oxime groups is 1.